The number of ketones is 1. The molecule has 6 fully saturated rings. The molecule has 0 aromatic rings. The summed E-state index contributed by atoms with van der Waals surface area (Å²) >= 11 is 0. The highest BCUT2D eigenvalue weighted by Gasteiger charge is 2.70. The molecule has 52 heavy (non-hydrogen) atoms. The van der Waals surface area contributed by atoms with E-state index < -0.39 is 67.3 Å². The van der Waals surface area contributed by atoms with Gasteiger partial charge in [0.05, 0.1) is 22.1 Å². The lowest BCUT2D eigenvalue weighted by Gasteiger charge is -2.44. The van der Waals surface area contributed by atoms with E-state index in [1.54, 1.807) is 25.7 Å². The molecule has 0 aromatic carbocycles. The predicted octanol–water partition coefficient (Wildman–Crippen LogP) is 4.16. The van der Waals surface area contributed by atoms with Crippen LogP contribution in [-0.4, -0.2) is 89.6 Å². The fourth-order valence-corrected chi connectivity index (χ4v) is 11.0. The number of hydrogen-bond acceptors (Lipinski definition) is 7. The summed E-state index contributed by atoms with van der Waals surface area (Å²) in [5.74, 6) is -1.96. The molecule has 5 atom stereocenters. The standard InChI is InChI=1S/C39H63N5O7S/c1-36(2,3)52(50,51)23-39(19-11-8-12-20-39)43-35(49)42-31(38(6)17-9-7-10-18-38)34(48)44-22-26-28(37(26,4)5)29(44)32(46)41-27(21-24-13-14-24)30(45)33(47)40-25-15-16-25/h24-29,31H,7-23H2,1-6H3,(H,40,47)(H,41,46)(H2,42,43,49). The number of piperidine rings is 1. The summed E-state index contributed by atoms with van der Waals surface area (Å²) in [4.78, 5) is 71.2. The number of urea groups is 1. The van der Waals surface area contributed by atoms with Crippen LogP contribution in [0.3, 0.4) is 0 Å². The number of amides is 5. The van der Waals surface area contributed by atoms with Crippen LogP contribution in [0.5, 0.6) is 0 Å². The SMILES string of the molecule is CC1(C(NC(=O)NC2(CS(=O)(=O)C(C)(C)C)CCCCC2)C(=O)N2CC3C(C2C(=O)NC(CC2CC2)C(=O)C(=O)NC2CC2)C3(C)C)CCCCC1. The van der Waals surface area contributed by atoms with E-state index >= 15 is 0 Å². The maximum atomic E-state index is 14.9. The van der Waals surface area contributed by atoms with E-state index in [-0.39, 0.29) is 40.9 Å². The zero-order chi connectivity index (χ0) is 37.9. The van der Waals surface area contributed by atoms with Crippen molar-refractivity contribution in [2.24, 2.45) is 28.6 Å². The number of nitrogens with one attached hydrogen (secondary N) is 4. The van der Waals surface area contributed by atoms with Gasteiger partial charge >= 0.3 is 6.03 Å². The van der Waals surface area contributed by atoms with Crippen molar-refractivity contribution in [3.63, 3.8) is 0 Å². The molecule has 5 unspecified atom stereocenters. The number of sulfone groups is 1. The highest BCUT2D eigenvalue weighted by atomic mass is 32.2. The maximum absolute atomic E-state index is 14.9. The molecule has 6 rings (SSSR count). The molecule has 0 aromatic heterocycles. The number of rotatable bonds is 13. The van der Waals surface area contributed by atoms with Crippen molar-refractivity contribution in [1.29, 1.82) is 0 Å². The summed E-state index contributed by atoms with van der Waals surface area (Å²) in [6.45, 7) is 11.6. The number of carbonyl (C=O) groups is 5. The smallest absolute Gasteiger partial charge is 0.315 e. The fourth-order valence-electron chi connectivity index (χ4n) is 9.50. The van der Waals surface area contributed by atoms with Gasteiger partial charge in [-0.3, -0.25) is 19.2 Å². The first-order valence-electron chi connectivity index (χ1n) is 20.0. The molecule has 1 aliphatic heterocycles. The van der Waals surface area contributed by atoms with Crippen LogP contribution >= 0.6 is 0 Å². The van der Waals surface area contributed by atoms with Crippen molar-refractivity contribution in [3.8, 4) is 0 Å². The highest BCUT2D eigenvalue weighted by molar-refractivity contribution is 7.92. The average molecular weight is 746 g/mol. The van der Waals surface area contributed by atoms with Gasteiger partial charge in [-0.15, -0.1) is 0 Å². The van der Waals surface area contributed by atoms with Crippen molar-refractivity contribution in [1.82, 2.24) is 26.2 Å². The third-order valence-corrected chi connectivity index (χ3v) is 16.4. The van der Waals surface area contributed by atoms with Gasteiger partial charge in [-0.2, -0.15) is 0 Å². The number of likely N-dealkylation sites (tertiary alicyclic amines) is 1. The van der Waals surface area contributed by atoms with E-state index in [9.17, 15) is 32.4 Å². The maximum Gasteiger partial charge on any atom is 0.315 e. The number of nitrogens with zero attached hydrogens (tertiary/aromatic N) is 1. The van der Waals surface area contributed by atoms with E-state index in [0.717, 1.165) is 77.0 Å². The van der Waals surface area contributed by atoms with Crippen LogP contribution in [-0.2, 0) is 29.0 Å². The van der Waals surface area contributed by atoms with Gasteiger partial charge in [0.1, 0.15) is 12.1 Å². The molecule has 5 aliphatic carbocycles. The third kappa shape index (κ3) is 8.19. The van der Waals surface area contributed by atoms with Crippen LogP contribution in [0.25, 0.3) is 0 Å². The lowest BCUT2D eigenvalue weighted by Crippen LogP contribution is -2.65. The quantitative estimate of drug-likeness (QED) is 0.205. The molecule has 5 amide bonds. The summed E-state index contributed by atoms with van der Waals surface area (Å²) in [7, 11) is -3.56. The van der Waals surface area contributed by atoms with Crippen molar-refractivity contribution in [2.75, 3.05) is 12.3 Å². The average Bonchev–Trinajstić information content (AvgIpc) is 4.02. The molecular weight excluding hydrogens is 683 g/mol. The number of Topliss-reactive ketones (excluding diaryl/α,β-unsaturated/α-hetero) is 1. The van der Waals surface area contributed by atoms with Gasteiger partial charge in [0.25, 0.3) is 5.91 Å². The Labute approximate surface area is 310 Å². The van der Waals surface area contributed by atoms with Gasteiger partial charge in [0.15, 0.2) is 9.84 Å². The van der Waals surface area contributed by atoms with Gasteiger partial charge in [0, 0.05) is 12.6 Å². The number of carbonyl (C=O) groups excluding carboxylic acids is 5. The summed E-state index contributed by atoms with van der Waals surface area (Å²) in [6, 6.07) is -3.27. The zero-order valence-corrected chi connectivity index (χ0v) is 33.1. The zero-order valence-electron chi connectivity index (χ0n) is 32.3. The Morgan fingerprint density at radius 3 is 1.98 bits per heavy atom. The van der Waals surface area contributed by atoms with Crippen LogP contribution in [0.4, 0.5) is 4.79 Å². The first kappa shape index (κ1) is 39.0. The number of hydrogen-bond donors (Lipinski definition) is 4. The van der Waals surface area contributed by atoms with E-state index in [4.69, 9.17) is 0 Å². The second-order valence-electron chi connectivity index (χ2n) is 19.2. The normalized spacial score (nSPS) is 28.8. The summed E-state index contributed by atoms with van der Waals surface area (Å²) in [5.41, 5.74) is -1.69. The molecular formula is C39H63N5O7S. The van der Waals surface area contributed by atoms with Crippen molar-refractivity contribution in [3.05, 3.63) is 0 Å². The van der Waals surface area contributed by atoms with Gasteiger partial charge in [0.2, 0.25) is 17.6 Å². The van der Waals surface area contributed by atoms with E-state index in [1.807, 2.05) is 6.92 Å². The highest BCUT2D eigenvalue weighted by Crippen LogP contribution is 2.65. The van der Waals surface area contributed by atoms with Crippen molar-refractivity contribution in [2.45, 2.75) is 172 Å². The molecule has 6 aliphatic rings. The van der Waals surface area contributed by atoms with Gasteiger partial charge < -0.3 is 26.2 Å². The minimum atomic E-state index is -3.56. The largest absolute Gasteiger partial charge is 0.347 e. The molecule has 4 N–H and O–H groups in total. The summed E-state index contributed by atoms with van der Waals surface area (Å²) < 4.78 is 25.9. The van der Waals surface area contributed by atoms with Crippen molar-refractivity contribution >= 4 is 39.4 Å². The Morgan fingerprint density at radius 1 is 0.827 bits per heavy atom. The fraction of sp³-hybridized carbons (Fsp3) is 0.872. The van der Waals surface area contributed by atoms with E-state index in [1.165, 1.54) is 0 Å². The second kappa shape index (κ2) is 14.2. The number of fused-ring (bicyclic) bond motifs is 1. The minimum Gasteiger partial charge on any atom is -0.347 e. The molecule has 0 radical (unpaired) electrons. The first-order chi connectivity index (χ1) is 24.3. The van der Waals surface area contributed by atoms with Crippen LogP contribution < -0.4 is 21.3 Å². The lowest BCUT2D eigenvalue weighted by molar-refractivity contribution is -0.146. The molecule has 292 valence electrons. The monoisotopic (exact) mass is 745 g/mol. The van der Waals surface area contributed by atoms with E-state index in [0.29, 0.717) is 25.8 Å². The topological polar surface area (TPSA) is 171 Å². The van der Waals surface area contributed by atoms with Gasteiger partial charge in [-0.25, -0.2) is 13.2 Å². The third-order valence-electron chi connectivity index (χ3n) is 13.6. The summed E-state index contributed by atoms with van der Waals surface area (Å²) in [6.07, 6.45) is 12.0. The Kier molecular flexibility index (Phi) is 10.6. The minimum absolute atomic E-state index is 0.0170. The molecule has 1 saturated heterocycles. The van der Waals surface area contributed by atoms with Crippen LogP contribution in [0.15, 0.2) is 0 Å². The summed E-state index contributed by atoms with van der Waals surface area (Å²) in [5, 5.41) is 11.9. The molecule has 0 bridgehead atoms. The molecule has 0 spiro atoms. The van der Waals surface area contributed by atoms with Gasteiger partial charge in [-0.05, 0) is 94.3 Å². The molecule has 12 nitrogen and oxygen atoms in total. The van der Waals surface area contributed by atoms with Crippen LogP contribution in [0.2, 0.25) is 0 Å². The van der Waals surface area contributed by atoms with Crippen molar-refractivity contribution < 1.29 is 32.4 Å². The Morgan fingerprint density at radius 2 is 1.42 bits per heavy atom. The Bertz CT molecular complexity index is 1530. The first-order valence-corrected chi connectivity index (χ1v) is 21.7. The molecule has 13 heteroatoms. The lowest BCUT2D eigenvalue weighted by atomic mass is 9.70. The Balaban J connectivity index is 1.24. The Hall–Kier alpha value is -2.70. The molecule has 5 saturated carbocycles. The van der Waals surface area contributed by atoms with Crippen LogP contribution in [0, 0.1) is 28.6 Å². The predicted molar refractivity (Wildman–Crippen MR) is 198 cm³/mol. The second-order valence-corrected chi connectivity index (χ2v) is 21.9. The van der Waals surface area contributed by atoms with Crippen LogP contribution in [0.1, 0.15) is 138 Å². The van der Waals surface area contributed by atoms with E-state index in [2.05, 4.69) is 35.1 Å². The van der Waals surface area contributed by atoms with Gasteiger partial charge in [-0.1, -0.05) is 72.1 Å². The molecule has 1 heterocycles.